The van der Waals surface area contributed by atoms with Crippen LogP contribution in [0.5, 0.6) is 5.75 Å². The van der Waals surface area contributed by atoms with Crippen LogP contribution < -0.4 is 4.74 Å². The molecule has 5 rings (SSSR count). The van der Waals surface area contributed by atoms with Crippen LogP contribution in [-0.2, 0) is 0 Å². The topological polar surface area (TPSA) is 49.9 Å². The first-order valence-corrected chi connectivity index (χ1v) is 15.1. The van der Waals surface area contributed by atoms with E-state index in [9.17, 15) is 9.59 Å². The van der Waals surface area contributed by atoms with Gasteiger partial charge >= 0.3 is 0 Å². The minimum absolute atomic E-state index is 0.0285. The number of carbonyl (C=O) groups is 2. The van der Waals surface area contributed by atoms with Crippen LogP contribution in [-0.4, -0.2) is 54.4 Å². The molecule has 0 spiro atoms. The lowest BCUT2D eigenvalue weighted by atomic mass is 9.95. The molecule has 1 aliphatic heterocycles. The minimum Gasteiger partial charge on any atom is -0.493 e. The van der Waals surface area contributed by atoms with Gasteiger partial charge < -0.3 is 14.5 Å². The number of para-hydroxylation sites is 1. The Kier molecular flexibility index (Phi) is 9.20. The Hall–Kier alpha value is -3.90. The lowest BCUT2D eigenvalue weighted by Crippen LogP contribution is -2.33. The van der Waals surface area contributed by atoms with Crippen LogP contribution in [0.1, 0.15) is 58.5 Å². The molecule has 210 valence electrons. The zero-order valence-electron chi connectivity index (χ0n) is 23.6. The molecule has 0 fully saturated rings. The number of benzene rings is 4. The number of hydrogen-bond acceptors (Lipinski definition) is 3. The summed E-state index contributed by atoms with van der Waals surface area (Å²) in [6.45, 7) is 7.07. The van der Waals surface area contributed by atoms with Crippen molar-refractivity contribution in [3.63, 3.8) is 0 Å². The highest BCUT2D eigenvalue weighted by Gasteiger charge is 2.19. The van der Waals surface area contributed by atoms with E-state index in [-0.39, 0.29) is 11.8 Å². The van der Waals surface area contributed by atoms with E-state index in [4.69, 9.17) is 4.74 Å². The van der Waals surface area contributed by atoms with E-state index in [1.807, 2.05) is 96.4 Å². The van der Waals surface area contributed by atoms with Crippen molar-refractivity contribution < 1.29 is 14.3 Å². The Morgan fingerprint density at radius 3 is 2.34 bits per heavy atom. The summed E-state index contributed by atoms with van der Waals surface area (Å²) in [5.74, 6) is 0.889. The molecule has 0 saturated heterocycles. The van der Waals surface area contributed by atoms with E-state index in [2.05, 4.69) is 34.1 Å². The summed E-state index contributed by atoms with van der Waals surface area (Å²) in [5, 5.41) is 2.14. The molecule has 1 aliphatic rings. The van der Waals surface area contributed by atoms with Gasteiger partial charge in [-0.1, -0.05) is 64.5 Å². The number of rotatable bonds is 5. The Morgan fingerprint density at radius 1 is 0.854 bits per heavy atom. The maximum absolute atomic E-state index is 13.7. The molecule has 0 unspecified atom stereocenters. The Morgan fingerprint density at radius 2 is 1.56 bits per heavy atom. The van der Waals surface area contributed by atoms with Crippen LogP contribution in [0.2, 0.25) is 0 Å². The second-order valence-electron chi connectivity index (χ2n) is 10.2. The third-order valence-corrected chi connectivity index (χ3v) is 8.08. The molecular weight excluding hydrogens is 576 g/mol. The number of fused-ring (bicyclic) bond motifs is 2. The Balaban J connectivity index is 1.43. The predicted octanol–water partition coefficient (Wildman–Crippen LogP) is 7.83. The molecule has 0 aliphatic carbocycles. The van der Waals surface area contributed by atoms with Crippen molar-refractivity contribution in [1.82, 2.24) is 9.80 Å². The Labute approximate surface area is 250 Å². The minimum atomic E-state index is 0.0285. The number of nitrogens with zero attached hydrogens (tertiary/aromatic N) is 2. The second kappa shape index (κ2) is 13.2. The maximum Gasteiger partial charge on any atom is 0.253 e. The van der Waals surface area contributed by atoms with E-state index in [0.717, 1.165) is 44.1 Å². The van der Waals surface area contributed by atoms with Crippen LogP contribution in [0.15, 0.2) is 95.5 Å². The fourth-order valence-electron chi connectivity index (χ4n) is 5.33. The fourth-order valence-corrected chi connectivity index (χ4v) is 5.71. The third-order valence-electron chi connectivity index (χ3n) is 7.58. The van der Waals surface area contributed by atoms with Gasteiger partial charge in [-0.2, -0.15) is 0 Å². The van der Waals surface area contributed by atoms with Crippen molar-refractivity contribution >= 4 is 44.1 Å². The summed E-state index contributed by atoms with van der Waals surface area (Å²) >= 11 is 3.52. The van der Waals surface area contributed by atoms with Gasteiger partial charge in [0.15, 0.2) is 0 Å². The summed E-state index contributed by atoms with van der Waals surface area (Å²) in [6, 6.07) is 27.9. The molecule has 2 amide bonds. The largest absolute Gasteiger partial charge is 0.493 e. The first-order valence-electron chi connectivity index (χ1n) is 14.3. The fraction of sp³-hybridized carbons (Fsp3) is 0.257. The molecule has 41 heavy (non-hydrogen) atoms. The van der Waals surface area contributed by atoms with Crippen molar-refractivity contribution in [1.29, 1.82) is 0 Å². The van der Waals surface area contributed by atoms with E-state index in [1.54, 1.807) is 0 Å². The van der Waals surface area contributed by atoms with Gasteiger partial charge in [0.05, 0.1) is 6.61 Å². The van der Waals surface area contributed by atoms with Crippen LogP contribution in [0.4, 0.5) is 0 Å². The molecular formula is C35H35BrN2O3. The van der Waals surface area contributed by atoms with Gasteiger partial charge in [0.1, 0.15) is 5.75 Å². The summed E-state index contributed by atoms with van der Waals surface area (Å²) < 4.78 is 7.27. The van der Waals surface area contributed by atoms with Crippen LogP contribution in [0.25, 0.3) is 16.3 Å². The summed E-state index contributed by atoms with van der Waals surface area (Å²) in [7, 11) is 0. The number of ether oxygens (including phenoxy) is 1. The predicted molar refractivity (Wildman–Crippen MR) is 169 cm³/mol. The van der Waals surface area contributed by atoms with Gasteiger partial charge in [0, 0.05) is 47.3 Å². The van der Waals surface area contributed by atoms with Crippen molar-refractivity contribution in [3.05, 3.63) is 118 Å². The Bertz CT molecular complexity index is 1570. The standard InChI is InChI=1S/C35H35BrN2O3/c1-3-37(4-2)34(39)26-14-12-25(13-15-26)31-10-7-20-38(21-8-22-41-33-11-6-5-9-32(31)33)35(40)29-17-16-28-24-30(36)19-18-27(28)23-29/h5-6,9-19,23-24H,3-4,7-8,20-22H2,1-2H3/b31-10-. The molecule has 0 bridgehead atoms. The zero-order chi connectivity index (χ0) is 28.8. The van der Waals surface area contributed by atoms with Gasteiger partial charge in [-0.25, -0.2) is 0 Å². The van der Waals surface area contributed by atoms with Gasteiger partial charge in [0.25, 0.3) is 11.8 Å². The lowest BCUT2D eigenvalue weighted by molar-refractivity contribution is 0.0747. The molecule has 0 saturated carbocycles. The normalized spacial score (nSPS) is 15.2. The highest BCUT2D eigenvalue weighted by molar-refractivity contribution is 9.10. The second-order valence-corrected chi connectivity index (χ2v) is 11.1. The lowest BCUT2D eigenvalue weighted by Gasteiger charge is -2.22. The van der Waals surface area contributed by atoms with E-state index in [1.165, 1.54) is 0 Å². The maximum atomic E-state index is 13.7. The van der Waals surface area contributed by atoms with Crippen LogP contribution >= 0.6 is 15.9 Å². The molecule has 0 N–H and O–H groups in total. The number of amides is 2. The van der Waals surface area contributed by atoms with E-state index < -0.39 is 0 Å². The molecule has 6 heteroatoms. The van der Waals surface area contributed by atoms with Gasteiger partial charge in [-0.15, -0.1) is 0 Å². The summed E-state index contributed by atoms with van der Waals surface area (Å²) in [4.78, 5) is 30.3. The van der Waals surface area contributed by atoms with Gasteiger partial charge in [-0.05, 0) is 91.1 Å². The van der Waals surface area contributed by atoms with Crippen molar-refractivity contribution in [3.8, 4) is 5.75 Å². The third kappa shape index (κ3) is 6.54. The van der Waals surface area contributed by atoms with Crippen LogP contribution in [0.3, 0.4) is 0 Å². The smallest absolute Gasteiger partial charge is 0.253 e. The van der Waals surface area contributed by atoms with E-state index >= 15 is 0 Å². The van der Waals surface area contributed by atoms with Gasteiger partial charge in [0.2, 0.25) is 0 Å². The highest BCUT2D eigenvalue weighted by Crippen LogP contribution is 2.32. The summed E-state index contributed by atoms with van der Waals surface area (Å²) in [5.41, 5.74) is 4.43. The molecule has 1 heterocycles. The molecule has 0 aromatic heterocycles. The van der Waals surface area contributed by atoms with Crippen LogP contribution in [0, 0.1) is 0 Å². The quantitative estimate of drug-likeness (QED) is 0.231. The molecule has 4 aromatic carbocycles. The average Bonchev–Trinajstić information content (AvgIpc) is 3.04. The monoisotopic (exact) mass is 610 g/mol. The number of halogens is 1. The molecule has 5 nitrogen and oxygen atoms in total. The first-order chi connectivity index (χ1) is 20.0. The SMILES string of the molecule is CCN(CC)C(=O)c1ccc(/C2=C/CCN(C(=O)c3ccc4cc(Br)ccc4c3)CCCOc3ccccc32)cc1. The first kappa shape index (κ1) is 28.6. The number of hydrogen-bond donors (Lipinski definition) is 0. The molecule has 0 radical (unpaired) electrons. The van der Waals surface area contributed by atoms with Gasteiger partial charge in [-0.3, -0.25) is 9.59 Å². The highest BCUT2D eigenvalue weighted by atomic mass is 79.9. The molecule has 0 atom stereocenters. The average molecular weight is 612 g/mol. The van der Waals surface area contributed by atoms with Crippen molar-refractivity contribution in [2.45, 2.75) is 26.7 Å². The van der Waals surface area contributed by atoms with E-state index in [0.29, 0.717) is 50.3 Å². The summed E-state index contributed by atoms with van der Waals surface area (Å²) in [6.07, 6.45) is 3.61. The molecule has 4 aromatic rings. The number of carbonyl (C=O) groups excluding carboxylic acids is 2. The van der Waals surface area contributed by atoms with Crippen molar-refractivity contribution in [2.24, 2.45) is 0 Å². The zero-order valence-corrected chi connectivity index (χ0v) is 25.2. The van der Waals surface area contributed by atoms with Crippen molar-refractivity contribution in [2.75, 3.05) is 32.8 Å².